The van der Waals surface area contributed by atoms with Crippen molar-refractivity contribution in [1.29, 1.82) is 5.26 Å². The molecule has 22 heavy (non-hydrogen) atoms. The molecule has 2 rings (SSSR count). The molecule has 0 aliphatic carbocycles. The van der Waals surface area contributed by atoms with Crippen LogP contribution in [0, 0.1) is 11.3 Å². The molecule has 0 N–H and O–H groups in total. The summed E-state index contributed by atoms with van der Waals surface area (Å²) < 4.78 is 5.11. The number of rotatable bonds is 4. The molecule has 0 saturated carbocycles. The van der Waals surface area contributed by atoms with Crippen molar-refractivity contribution in [2.75, 3.05) is 0 Å². The molecule has 3 nitrogen and oxygen atoms in total. The number of hydrogen-bond acceptors (Lipinski definition) is 3. The second-order valence-electron chi connectivity index (χ2n) is 4.38. The van der Waals surface area contributed by atoms with Crippen molar-refractivity contribution in [2.45, 2.75) is 6.61 Å². The minimum atomic E-state index is -0.501. The molecule has 0 saturated heterocycles. The summed E-state index contributed by atoms with van der Waals surface area (Å²) in [4.78, 5) is 11.7. The quantitative estimate of drug-likeness (QED) is 0.606. The van der Waals surface area contributed by atoms with Crippen molar-refractivity contribution in [2.24, 2.45) is 0 Å². The summed E-state index contributed by atoms with van der Waals surface area (Å²) >= 11 is 11.7. The van der Waals surface area contributed by atoms with Crippen LogP contribution in [0.1, 0.15) is 16.7 Å². The second kappa shape index (κ2) is 7.65. The maximum absolute atomic E-state index is 11.7. The van der Waals surface area contributed by atoms with Gasteiger partial charge in [-0.25, -0.2) is 4.79 Å². The van der Waals surface area contributed by atoms with Gasteiger partial charge in [0, 0.05) is 11.6 Å². The van der Waals surface area contributed by atoms with Gasteiger partial charge in [0.25, 0.3) is 0 Å². The van der Waals surface area contributed by atoms with E-state index in [1.165, 1.54) is 6.08 Å². The average Bonchev–Trinajstić information content (AvgIpc) is 2.54. The summed E-state index contributed by atoms with van der Waals surface area (Å²) in [5.74, 6) is -0.501. The van der Waals surface area contributed by atoms with Crippen molar-refractivity contribution in [1.82, 2.24) is 0 Å². The Morgan fingerprint density at radius 3 is 2.68 bits per heavy atom. The third kappa shape index (κ3) is 4.36. The minimum Gasteiger partial charge on any atom is -0.458 e. The van der Waals surface area contributed by atoms with Gasteiger partial charge in [0.15, 0.2) is 0 Å². The van der Waals surface area contributed by atoms with E-state index in [1.54, 1.807) is 48.5 Å². The molecule has 0 heterocycles. The first kappa shape index (κ1) is 16.1. The van der Waals surface area contributed by atoms with Crippen LogP contribution in [0.5, 0.6) is 0 Å². The summed E-state index contributed by atoms with van der Waals surface area (Å²) in [5, 5.41) is 9.83. The van der Waals surface area contributed by atoms with Crippen LogP contribution in [-0.4, -0.2) is 5.97 Å². The Labute approximate surface area is 138 Å². The third-order valence-electron chi connectivity index (χ3n) is 2.86. The number of nitrogens with zero attached hydrogens (tertiary/aromatic N) is 1. The monoisotopic (exact) mass is 331 g/mol. The summed E-state index contributed by atoms with van der Waals surface area (Å²) in [6, 6.07) is 14.1. The second-order valence-corrected chi connectivity index (χ2v) is 5.20. The van der Waals surface area contributed by atoms with Gasteiger partial charge in [0.1, 0.15) is 6.61 Å². The molecule has 0 atom stereocenters. The predicted octanol–water partition coefficient (Wildman–Crippen LogP) is 4.62. The SMILES string of the molecule is N#Cc1ccccc1COC(=O)C=Cc1ccc(Cl)c(Cl)c1. The molecular formula is C17H11Cl2NO2. The highest BCUT2D eigenvalue weighted by atomic mass is 35.5. The van der Waals surface area contributed by atoms with Crippen molar-refractivity contribution >= 4 is 35.2 Å². The van der Waals surface area contributed by atoms with E-state index in [1.807, 2.05) is 0 Å². The Hall–Kier alpha value is -2.28. The Balaban J connectivity index is 1.97. The molecule has 110 valence electrons. The number of hydrogen-bond donors (Lipinski definition) is 0. The van der Waals surface area contributed by atoms with Crippen LogP contribution in [0.15, 0.2) is 48.5 Å². The lowest BCUT2D eigenvalue weighted by Gasteiger charge is -2.04. The number of carbonyl (C=O) groups excluding carboxylic acids is 1. The molecule has 0 radical (unpaired) electrons. The van der Waals surface area contributed by atoms with E-state index in [4.69, 9.17) is 33.2 Å². The van der Waals surface area contributed by atoms with Gasteiger partial charge in [-0.05, 0) is 29.8 Å². The fourth-order valence-corrected chi connectivity index (χ4v) is 2.04. The van der Waals surface area contributed by atoms with E-state index in [9.17, 15) is 4.79 Å². The largest absolute Gasteiger partial charge is 0.458 e. The highest BCUT2D eigenvalue weighted by Gasteiger charge is 2.04. The standard InChI is InChI=1S/C17H11Cl2NO2/c18-15-7-5-12(9-16(15)19)6-8-17(21)22-11-14-4-2-1-3-13(14)10-20/h1-9H,11H2. The van der Waals surface area contributed by atoms with Gasteiger partial charge in [0.05, 0.1) is 21.7 Å². The van der Waals surface area contributed by atoms with Crippen LogP contribution in [-0.2, 0) is 16.1 Å². The van der Waals surface area contributed by atoms with Gasteiger partial charge >= 0.3 is 5.97 Å². The highest BCUT2D eigenvalue weighted by molar-refractivity contribution is 6.42. The highest BCUT2D eigenvalue weighted by Crippen LogP contribution is 2.23. The molecular weight excluding hydrogens is 321 g/mol. The van der Waals surface area contributed by atoms with Crippen LogP contribution < -0.4 is 0 Å². The van der Waals surface area contributed by atoms with Gasteiger partial charge in [-0.15, -0.1) is 0 Å². The maximum atomic E-state index is 11.7. The summed E-state index contributed by atoms with van der Waals surface area (Å²) in [5.41, 5.74) is 1.90. The minimum absolute atomic E-state index is 0.0499. The predicted molar refractivity (Wildman–Crippen MR) is 86.4 cm³/mol. The smallest absolute Gasteiger partial charge is 0.331 e. The molecule has 2 aromatic rings. The number of nitriles is 1. The number of carbonyl (C=O) groups is 1. The van der Waals surface area contributed by atoms with Gasteiger partial charge in [-0.3, -0.25) is 0 Å². The van der Waals surface area contributed by atoms with Crippen LogP contribution in [0.4, 0.5) is 0 Å². The average molecular weight is 332 g/mol. The van der Waals surface area contributed by atoms with E-state index in [0.29, 0.717) is 21.2 Å². The lowest BCUT2D eigenvalue weighted by atomic mass is 10.1. The first-order valence-corrected chi connectivity index (χ1v) is 7.13. The van der Waals surface area contributed by atoms with Crippen LogP contribution in [0.3, 0.4) is 0 Å². The summed E-state index contributed by atoms with van der Waals surface area (Å²) in [7, 11) is 0. The fourth-order valence-electron chi connectivity index (χ4n) is 1.73. The van der Waals surface area contributed by atoms with Gasteiger partial charge in [-0.2, -0.15) is 5.26 Å². The molecule has 0 fully saturated rings. The first-order chi connectivity index (χ1) is 10.6. The molecule has 0 aliphatic heterocycles. The van der Waals surface area contributed by atoms with E-state index >= 15 is 0 Å². The van der Waals surface area contributed by atoms with E-state index in [2.05, 4.69) is 6.07 Å². The first-order valence-electron chi connectivity index (χ1n) is 6.38. The zero-order valence-electron chi connectivity index (χ0n) is 11.4. The van der Waals surface area contributed by atoms with Crippen LogP contribution in [0.2, 0.25) is 10.0 Å². The molecule has 0 unspecified atom stereocenters. The zero-order valence-corrected chi connectivity index (χ0v) is 12.9. The molecule has 0 spiro atoms. The topological polar surface area (TPSA) is 50.1 Å². The number of ether oxygens (including phenoxy) is 1. The summed E-state index contributed by atoms with van der Waals surface area (Å²) in [6.07, 6.45) is 2.88. The normalized spacial score (nSPS) is 10.4. The number of halogens is 2. The summed E-state index contributed by atoms with van der Waals surface area (Å²) in [6.45, 7) is 0.0499. The van der Waals surface area contributed by atoms with Crippen molar-refractivity contribution in [3.63, 3.8) is 0 Å². The molecule has 0 aromatic heterocycles. The van der Waals surface area contributed by atoms with Gasteiger partial charge in [0.2, 0.25) is 0 Å². The molecule has 2 aromatic carbocycles. The molecule has 0 aliphatic rings. The fraction of sp³-hybridized carbons (Fsp3) is 0.0588. The Morgan fingerprint density at radius 2 is 1.95 bits per heavy atom. The third-order valence-corrected chi connectivity index (χ3v) is 3.60. The Kier molecular flexibility index (Phi) is 5.60. The van der Waals surface area contributed by atoms with Crippen molar-refractivity contribution in [3.05, 3.63) is 75.3 Å². The van der Waals surface area contributed by atoms with E-state index < -0.39 is 5.97 Å². The van der Waals surface area contributed by atoms with Gasteiger partial charge in [-0.1, -0.05) is 47.5 Å². The van der Waals surface area contributed by atoms with Crippen LogP contribution in [0.25, 0.3) is 6.08 Å². The van der Waals surface area contributed by atoms with Crippen LogP contribution >= 0.6 is 23.2 Å². The lowest BCUT2D eigenvalue weighted by Crippen LogP contribution is -2.02. The Bertz CT molecular complexity index is 763. The van der Waals surface area contributed by atoms with Gasteiger partial charge < -0.3 is 4.74 Å². The van der Waals surface area contributed by atoms with E-state index in [-0.39, 0.29) is 6.61 Å². The molecule has 0 bridgehead atoms. The number of benzene rings is 2. The molecule has 0 amide bonds. The lowest BCUT2D eigenvalue weighted by molar-refractivity contribution is -0.138. The number of esters is 1. The van der Waals surface area contributed by atoms with Crippen molar-refractivity contribution < 1.29 is 9.53 Å². The molecule has 5 heteroatoms. The van der Waals surface area contributed by atoms with Crippen molar-refractivity contribution in [3.8, 4) is 6.07 Å². The maximum Gasteiger partial charge on any atom is 0.331 e. The zero-order chi connectivity index (χ0) is 15.9. The Morgan fingerprint density at radius 1 is 1.18 bits per heavy atom. The van der Waals surface area contributed by atoms with E-state index in [0.717, 1.165) is 5.56 Å².